The molecule has 0 saturated carbocycles. The summed E-state index contributed by atoms with van der Waals surface area (Å²) in [4.78, 5) is 0. The Morgan fingerprint density at radius 1 is 1.21 bits per heavy atom. The minimum absolute atomic E-state index is 0.228. The Hall–Kier alpha value is -1.39. The summed E-state index contributed by atoms with van der Waals surface area (Å²) in [6, 6.07) is 12.7. The standard InChI is InChI=1S/C15H15BrFNO/c1-10-5-4-8-13(15(10)17)19-14(9-18)11-6-2-3-7-12(11)16/h2-8,14H,9,18H2,1H3. The average Bonchev–Trinajstić information content (AvgIpc) is 2.41. The van der Waals surface area contributed by atoms with Gasteiger partial charge in [-0.15, -0.1) is 0 Å². The third-order valence-electron chi connectivity index (χ3n) is 2.89. The Kier molecular flexibility index (Phi) is 4.56. The molecule has 0 fully saturated rings. The van der Waals surface area contributed by atoms with Gasteiger partial charge in [0, 0.05) is 16.6 Å². The van der Waals surface area contributed by atoms with Crippen molar-refractivity contribution in [3.63, 3.8) is 0 Å². The van der Waals surface area contributed by atoms with Gasteiger partial charge < -0.3 is 10.5 Å². The number of benzene rings is 2. The molecule has 0 bridgehead atoms. The van der Waals surface area contributed by atoms with Crippen LogP contribution in [0.15, 0.2) is 46.9 Å². The maximum Gasteiger partial charge on any atom is 0.167 e. The number of hydrogen-bond acceptors (Lipinski definition) is 2. The van der Waals surface area contributed by atoms with Crippen molar-refractivity contribution in [3.05, 3.63) is 63.9 Å². The van der Waals surface area contributed by atoms with E-state index >= 15 is 0 Å². The molecule has 1 atom stereocenters. The highest BCUT2D eigenvalue weighted by Gasteiger charge is 2.16. The van der Waals surface area contributed by atoms with Gasteiger partial charge >= 0.3 is 0 Å². The van der Waals surface area contributed by atoms with E-state index in [4.69, 9.17) is 10.5 Å². The van der Waals surface area contributed by atoms with Gasteiger partial charge in [-0.25, -0.2) is 4.39 Å². The van der Waals surface area contributed by atoms with E-state index in [1.54, 1.807) is 25.1 Å². The molecule has 0 spiro atoms. The predicted molar refractivity (Wildman–Crippen MR) is 77.7 cm³/mol. The molecule has 100 valence electrons. The molecule has 0 aliphatic rings. The zero-order valence-electron chi connectivity index (χ0n) is 10.6. The molecule has 2 nitrogen and oxygen atoms in total. The summed E-state index contributed by atoms with van der Waals surface area (Å²) >= 11 is 3.45. The first-order chi connectivity index (χ1) is 9.13. The van der Waals surface area contributed by atoms with E-state index in [2.05, 4.69) is 15.9 Å². The van der Waals surface area contributed by atoms with Crippen molar-refractivity contribution in [2.45, 2.75) is 13.0 Å². The van der Waals surface area contributed by atoms with E-state index in [0.717, 1.165) is 10.0 Å². The monoisotopic (exact) mass is 323 g/mol. The van der Waals surface area contributed by atoms with E-state index in [-0.39, 0.29) is 24.2 Å². The predicted octanol–water partition coefficient (Wildman–Crippen LogP) is 3.98. The topological polar surface area (TPSA) is 35.2 Å². The molecule has 2 N–H and O–H groups in total. The van der Waals surface area contributed by atoms with Gasteiger partial charge in [0.2, 0.25) is 0 Å². The summed E-state index contributed by atoms with van der Waals surface area (Å²) in [6.45, 7) is 1.98. The normalized spacial score (nSPS) is 12.2. The van der Waals surface area contributed by atoms with Crippen LogP contribution in [-0.2, 0) is 0 Å². The Bertz CT molecular complexity index is 574. The van der Waals surface area contributed by atoms with Crippen LogP contribution in [0.5, 0.6) is 5.75 Å². The van der Waals surface area contributed by atoms with E-state index in [9.17, 15) is 4.39 Å². The van der Waals surface area contributed by atoms with Crippen molar-refractivity contribution in [2.24, 2.45) is 5.73 Å². The van der Waals surface area contributed by atoms with Crippen molar-refractivity contribution in [3.8, 4) is 5.75 Å². The Morgan fingerprint density at radius 3 is 2.63 bits per heavy atom. The summed E-state index contributed by atoms with van der Waals surface area (Å²) in [5, 5.41) is 0. The fraction of sp³-hybridized carbons (Fsp3) is 0.200. The van der Waals surface area contributed by atoms with Crippen molar-refractivity contribution in [2.75, 3.05) is 6.54 Å². The maximum atomic E-state index is 13.9. The van der Waals surface area contributed by atoms with Gasteiger partial charge in [0.1, 0.15) is 6.10 Å². The van der Waals surface area contributed by atoms with Crippen LogP contribution in [0.4, 0.5) is 4.39 Å². The minimum atomic E-state index is -0.383. The van der Waals surface area contributed by atoms with Crippen molar-refractivity contribution in [1.29, 1.82) is 0 Å². The van der Waals surface area contributed by atoms with Crippen molar-refractivity contribution < 1.29 is 9.13 Å². The molecule has 1 unspecified atom stereocenters. The summed E-state index contributed by atoms with van der Waals surface area (Å²) in [5.41, 5.74) is 7.21. The van der Waals surface area contributed by atoms with Gasteiger partial charge in [-0.3, -0.25) is 0 Å². The molecule has 2 aromatic rings. The van der Waals surface area contributed by atoms with Crippen LogP contribution in [-0.4, -0.2) is 6.54 Å². The number of rotatable bonds is 4. The molecular weight excluding hydrogens is 309 g/mol. The highest BCUT2D eigenvalue weighted by Crippen LogP contribution is 2.29. The average molecular weight is 324 g/mol. The molecule has 0 aliphatic heterocycles. The number of aryl methyl sites for hydroxylation is 1. The smallest absolute Gasteiger partial charge is 0.167 e. The second kappa shape index (κ2) is 6.17. The molecule has 0 amide bonds. The van der Waals surface area contributed by atoms with E-state index in [1.807, 2.05) is 24.3 Å². The summed E-state index contributed by atoms with van der Waals surface area (Å²) in [6.07, 6.45) is -0.383. The highest BCUT2D eigenvalue weighted by atomic mass is 79.9. The van der Waals surface area contributed by atoms with Gasteiger partial charge in [-0.05, 0) is 24.6 Å². The molecule has 0 aromatic heterocycles. The third-order valence-corrected chi connectivity index (χ3v) is 3.61. The maximum absolute atomic E-state index is 13.9. The van der Waals surface area contributed by atoms with Crippen LogP contribution in [0.2, 0.25) is 0 Å². The molecular formula is C15H15BrFNO. The van der Waals surface area contributed by atoms with Crippen LogP contribution in [0.25, 0.3) is 0 Å². The summed E-state index contributed by atoms with van der Waals surface area (Å²) in [7, 11) is 0. The fourth-order valence-corrected chi connectivity index (χ4v) is 2.38. The molecule has 0 heterocycles. The first-order valence-corrected chi connectivity index (χ1v) is 6.79. The summed E-state index contributed by atoms with van der Waals surface area (Å²) < 4.78 is 20.6. The second-order valence-electron chi connectivity index (χ2n) is 4.25. The first-order valence-electron chi connectivity index (χ1n) is 5.99. The Labute approximate surface area is 120 Å². The largest absolute Gasteiger partial charge is 0.481 e. The van der Waals surface area contributed by atoms with Crippen molar-refractivity contribution in [1.82, 2.24) is 0 Å². The second-order valence-corrected chi connectivity index (χ2v) is 5.11. The lowest BCUT2D eigenvalue weighted by molar-refractivity contribution is 0.203. The van der Waals surface area contributed by atoms with Crippen LogP contribution >= 0.6 is 15.9 Å². The number of hydrogen-bond donors (Lipinski definition) is 1. The van der Waals surface area contributed by atoms with Crippen LogP contribution in [0.1, 0.15) is 17.2 Å². The lowest BCUT2D eigenvalue weighted by atomic mass is 10.1. The molecule has 4 heteroatoms. The number of ether oxygens (including phenoxy) is 1. The summed E-state index contributed by atoms with van der Waals surface area (Å²) in [5.74, 6) is -0.112. The van der Waals surface area contributed by atoms with E-state index in [1.165, 1.54) is 0 Å². The third kappa shape index (κ3) is 3.14. The lowest BCUT2D eigenvalue weighted by Gasteiger charge is -2.19. The fourth-order valence-electron chi connectivity index (χ4n) is 1.84. The molecule has 0 saturated heterocycles. The number of nitrogens with two attached hydrogens (primary N) is 1. The Balaban J connectivity index is 2.30. The SMILES string of the molecule is Cc1cccc(OC(CN)c2ccccc2Br)c1F. The molecule has 19 heavy (non-hydrogen) atoms. The number of halogens is 2. The molecule has 0 aliphatic carbocycles. The molecule has 0 radical (unpaired) electrons. The minimum Gasteiger partial charge on any atom is -0.481 e. The van der Waals surface area contributed by atoms with Gasteiger partial charge in [-0.1, -0.05) is 46.3 Å². The van der Waals surface area contributed by atoms with Gasteiger partial charge in [0.15, 0.2) is 11.6 Å². The van der Waals surface area contributed by atoms with E-state index < -0.39 is 0 Å². The van der Waals surface area contributed by atoms with Crippen molar-refractivity contribution >= 4 is 15.9 Å². The molecule has 2 aromatic carbocycles. The van der Waals surface area contributed by atoms with Gasteiger partial charge in [-0.2, -0.15) is 0 Å². The van der Waals surface area contributed by atoms with E-state index in [0.29, 0.717) is 5.56 Å². The van der Waals surface area contributed by atoms with Gasteiger partial charge in [0.05, 0.1) is 0 Å². The van der Waals surface area contributed by atoms with Crippen LogP contribution in [0.3, 0.4) is 0 Å². The molecule has 2 rings (SSSR count). The first kappa shape index (κ1) is 14.0. The van der Waals surface area contributed by atoms with Gasteiger partial charge in [0.25, 0.3) is 0 Å². The highest BCUT2D eigenvalue weighted by molar-refractivity contribution is 9.10. The lowest BCUT2D eigenvalue weighted by Crippen LogP contribution is -2.19. The van der Waals surface area contributed by atoms with Crippen LogP contribution in [0, 0.1) is 12.7 Å². The zero-order valence-corrected chi connectivity index (χ0v) is 12.2. The Morgan fingerprint density at radius 2 is 1.95 bits per heavy atom. The van der Waals surface area contributed by atoms with Crippen LogP contribution < -0.4 is 10.5 Å². The quantitative estimate of drug-likeness (QED) is 0.923. The zero-order chi connectivity index (χ0) is 13.8.